The summed E-state index contributed by atoms with van der Waals surface area (Å²) in [6.07, 6.45) is -2.60. The molecule has 1 aromatic carbocycles. The maximum Gasteiger partial charge on any atom is 0.150 e. The lowest BCUT2D eigenvalue weighted by Crippen LogP contribution is -2.20. The molecule has 0 spiro atoms. The monoisotopic (exact) mass is 270 g/mol. The summed E-state index contributed by atoms with van der Waals surface area (Å²) in [6.45, 7) is 0. The number of aliphatic hydroxyl groups is 2. The summed E-state index contributed by atoms with van der Waals surface area (Å²) in [7, 11) is 0. The quantitative estimate of drug-likeness (QED) is 0.652. The van der Waals surface area contributed by atoms with E-state index in [1.165, 1.54) is 0 Å². The van der Waals surface area contributed by atoms with Gasteiger partial charge in [0, 0.05) is 11.4 Å². The van der Waals surface area contributed by atoms with Crippen LogP contribution in [0.4, 0.5) is 8.78 Å². The summed E-state index contributed by atoms with van der Waals surface area (Å²) in [4.78, 5) is 0. The Labute approximate surface area is 101 Å². The predicted molar refractivity (Wildman–Crippen MR) is 57.7 cm³/mol. The molecule has 6 heteroatoms. The van der Waals surface area contributed by atoms with E-state index in [1.807, 2.05) is 0 Å². The highest BCUT2D eigenvalue weighted by atomic mass is 35.5. The van der Waals surface area contributed by atoms with Crippen LogP contribution in [0.3, 0.4) is 0 Å². The number of hydrogen-bond donors (Lipinski definition) is 2. The number of alkyl halides is 1. The van der Waals surface area contributed by atoms with Crippen LogP contribution in [0.1, 0.15) is 18.1 Å². The summed E-state index contributed by atoms with van der Waals surface area (Å²) in [5, 5.41) is 18.3. The van der Waals surface area contributed by atoms with Crippen LogP contribution in [-0.4, -0.2) is 22.2 Å². The third-order valence-corrected chi connectivity index (χ3v) is 2.72. The van der Waals surface area contributed by atoms with Gasteiger partial charge >= 0.3 is 0 Å². The zero-order chi connectivity index (χ0) is 12.3. The highest BCUT2D eigenvalue weighted by Crippen LogP contribution is 2.28. The molecule has 0 bridgehead atoms. The number of benzene rings is 1. The van der Waals surface area contributed by atoms with Gasteiger partial charge in [-0.25, -0.2) is 8.78 Å². The molecular weight excluding hydrogens is 261 g/mol. The van der Waals surface area contributed by atoms with Gasteiger partial charge in [0.05, 0.1) is 6.10 Å². The van der Waals surface area contributed by atoms with Gasteiger partial charge in [0.25, 0.3) is 0 Å². The molecule has 0 amide bonds. The van der Waals surface area contributed by atoms with Gasteiger partial charge in [-0.05, 0) is 12.5 Å². The molecule has 0 fully saturated rings. The van der Waals surface area contributed by atoms with Crippen LogP contribution in [0.25, 0.3) is 0 Å². The zero-order valence-corrected chi connectivity index (χ0v) is 9.64. The average molecular weight is 271 g/mol. The molecule has 0 saturated heterocycles. The Morgan fingerprint density at radius 2 is 1.88 bits per heavy atom. The highest BCUT2D eigenvalue weighted by Gasteiger charge is 2.23. The minimum atomic E-state index is -1.48. The van der Waals surface area contributed by atoms with Gasteiger partial charge in [0.2, 0.25) is 0 Å². The van der Waals surface area contributed by atoms with Gasteiger partial charge in [0.15, 0.2) is 5.82 Å². The average Bonchev–Trinajstić information content (AvgIpc) is 2.26. The van der Waals surface area contributed by atoms with E-state index in [1.54, 1.807) is 0 Å². The summed E-state index contributed by atoms with van der Waals surface area (Å²) < 4.78 is 26.3. The summed E-state index contributed by atoms with van der Waals surface area (Å²) >= 11 is 10.7. The lowest BCUT2D eigenvalue weighted by atomic mass is 10.0. The second kappa shape index (κ2) is 5.77. The number of hydrogen-bond acceptors (Lipinski definition) is 2. The molecule has 0 aliphatic heterocycles. The minimum Gasteiger partial charge on any atom is -0.390 e. The molecule has 2 unspecified atom stereocenters. The lowest BCUT2D eigenvalue weighted by Gasteiger charge is -2.18. The summed E-state index contributed by atoms with van der Waals surface area (Å²) in [5.41, 5.74) is -0.246. The van der Waals surface area contributed by atoms with E-state index < -0.39 is 28.9 Å². The Morgan fingerprint density at radius 1 is 1.25 bits per heavy atom. The maximum atomic E-state index is 13.4. The van der Waals surface area contributed by atoms with Gasteiger partial charge in [-0.1, -0.05) is 17.7 Å². The van der Waals surface area contributed by atoms with Crippen LogP contribution >= 0.6 is 23.2 Å². The molecular formula is C10H10Cl2F2O2. The topological polar surface area (TPSA) is 40.5 Å². The summed E-state index contributed by atoms with van der Waals surface area (Å²) in [5.74, 6) is -1.86. The normalized spacial score (nSPS) is 14.9. The molecule has 0 aromatic heterocycles. The number of aliphatic hydroxyl groups excluding tert-OH is 2. The van der Waals surface area contributed by atoms with E-state index in [0.717, 1.165) is 12.1 Å². The molecule has 1 aromatic rings. The van der Waals surface area contributed by atoms with Crippen molar-refractivity contribution in [1.82, 2.24) is 0 Å². The van der Waals surface area contributed by atoms with Crippen molar-refractivity contribution in [1.29, 1.82) is 0 Å². The van der Waals surface area contributed by atoms with Crippen molar-refractivity contribution in [3.8, 4) is 0 Å². The molecule has 2 nitrogen and oxygen atoms in total. The molecule has 2 atom stereocenters. The van der Waals surface area contributed by atoms with Gasteiger partial charge in [-0.2, -0.15) is 0 Å². The number of halogens is 4. The van der Waals surface area contributed by atoms with Crippen molar-refractivity contribution in [2.45, 2.75) is 18.6 Å². The molecule has 0 heterocycles. The Hall–Kier alpha value is -0.420. The van der Waals surface area contributed by atoms with E-state index in [-0.39, 0.29) is 17.9 Å². The van der Waals surface area contributed by atoms with Gasteiger partial charge in [0.1, 0.15) is 16.9 Å². The molecule has 16 heavy (non-hydrogen) atoms. The van der Waals surface area contributed by atoms with E-state index in [0.29, 0.717) is 0 Å². The van der Waals surface area contributed by atoms with Crippen LogP contribution in [0, 0.1) is 11.6 Å². The molecule has 90 valence electrons. The molecule has 0 aliphatic rings. The molecule has 2 N–H and O–H groups in total. The third-order valence-electron chi connectivity index (χ3n) is 2.15. The van der Waals surface area contributed by atoms with E-state index in [2.05, 4.69) is 0 Å². The van der Waals surface area contributed by atoms with Crippen molar-refractivity contribution in [3.63, 3.8) is 0 Å². The van der Waals surface area contributed by atoms with Crippen LogP contribution in [0.5, 0.6) is 0 Å². The third kappa shape index (κ3) is 2.83. The second-order valence-electron chi connectivity index (χ2n) is 3.25. The van der Waals surface area contributed by atoms with Crippen molar-refractivity contribution in [2.75, 3.05) is 5.88 Å². The Morgan fingerprint density at radius 3 is 2.44 bits per heavy atom. The first kappa shape index (κ1) is 13.6. The Balaban J connectivity index is 3.00. The molecule has 0 aliphatic carbocycles. The molecule has 0 radical (unpaired) electrons. The first-order chi connectivity index (χ1) is 7.49. The predicted octanol–water partition coefficient (Wildman–Crippen LogP) is 2.64. The van der Waals surface area contributed by atoms with Crippen molar-refractivity contribution in [2.24, 2.45) is 0 Å². The van der Waals surface area contributed by atoms with Crippen molar-refractivity contribution >= 4 is 23.2 Å². The van der Waals surface area contributed by atoms with Gasteiger partial charge in [-0.3, -0.25) is 0 Å². The van der Waals surface area contributed by atoms with Crippen LogP contribution in [0.15, 0.2) is 12.1 Å². The smallest absolute Gasteiger partial charge is 0.150 e. The van der Waals surface area contributed by atoms with Gasteiger partial charge in [-0.15, -0.1) is 11.6 Å². The Bertz CT molecular complexity index is 374. The SMILES string of the molecule is OC(CCCl)C(O)c1ccc(F)c(Cl)c1F. The molecule has 0 saturated carbocycles. The highest BCUT2D eigenvalue weighted by molar-refractivity contribution is 6.30. The number of rotatable bonds is 4. The molecule has 1 rings (SSSR count). The lowest BCUT2D eigenvalue weighted by molar-refractivity contribution is 0.0149. The first-order valence-electron chi connectivity index (χ1n) is 4.54. The standard InChI is InChI=1S/C10H10Cl2F2O2/c11-4-3-7(15)10(16)5-1-2-6(13)8(12)9(5)14/h1-2,7,10,15-16H,3-4H2. The zero-order valence-electron chi connectivity index (χ0n) is 8.13. The van der Waals surface area contributed by atoms with E-state index in [4.69, 9.17) is 23.2 Å². The summed E-state index contributed by atoms with van der Waals surface area (Å²) in [6, 6.07) is 1.97. The van der Waals surface area contributed by atoms with Crippen molar-refractivity contribution < 1.29 is 19.0 Å². The fourth-order valence-corrected chi connectivity index (χ4v) is 1.64. The largest absolute Gasteiger partial charge is 0.390 e. The first-order valence-corrected chi connectivity index (χ1v) is 5.45. The van der Waals surface area contributed by atoms with Crippen LogP contribution in [0.2, 0.25) is 5.02 Å². The van der Waals surface area contributed by atoms with Crippen LogP contribution in [-0.2, 0) is 0 Å². The van der Waals surface area contributed by atoms with E-state index >= 15 is 0 Å². The fraction of sp³-hybridized carbons (Fsp3) is 0.400. The van der Waals surface area contributed by atoms with Crippen LogP contribution < -0.4 is 0 Å². The maximum absolute atomic E-state index is 13.4. The fourth-order valence-electron chi connectivity index (χ4n) is 1.25. The van der Waals surface area contributed by atoms with Crippen molar-refractivity contribution in [3.05, 3.63) is 34.4 Å². The van der Waals surface area contributed by atoms with E-state index in [9.17, 15) is 19.0 Å². The minimum absolute atomic E-state index is 0.0944. The van der Waals surface area contributed by atoms with Gasteiger partial charge < -0.3 is 10.2 Å². The Kier molecular flexibility index (Phi) is 4.92. The second-order valence-corrected chi connectivity index (χ2v) is 4.01.